The molecule has 0 bridgehead atoms. The fourth-order valence-corrected chi connectivity index (χ4v) is 3.22. The normalized spacial score (nSPS) is 18.2. The first-order chi connectivity index (χ1) is 13.9. The summed E-state index contributed by atoms with van der Waals surface area (Å²) in [4.78, 5) is 38.2. The van der Waals surface area contributed by atoms with Crippen LogP contribution in [-0.4, -0.2) is 53.6 Å². The largest absolute Gasteiger partial charge is 0.391 e. The number of nitrogens with one attached hydrogen (secondary N) is 3. The van der Waals surface area contributed by atoms with Gasteiger partial charge in [-0.3, -0.25) is 9.59 Å². The molecule has 2 atom stereocenters. The molecule has 29 heavy (non-hydrogen) atoms. The number of carbonyl (C=O) groups is 3. The van der Waals surface area contributed by atoms with Crippen molar-refractivity contribution < 1.29 is 19.5 Å². The molecule has 1 aliphatic heterocycles. The van der Waals surface area contributed by atoms with Gasteiger partial charge in [-0.25, -0.2) is 4.79 Å². The number of benzene rings is 2. The van der Waals surface area contributed by atoms with Gasteiger partial charge >= 0.3 is 6.03 Å². The van der Waals surface area contributed by atoms with E-state index in [2.05, 4.69) is 16.0 Å². The third-order valence-electron chi connectivity index (χ3n) is 4.58. The quantitative estimate of drug-likeness (QED) is 0.612. The van der Waals surface area contributed by atoms with E-state index >= 15 is 0 Å². The van der Waals surface area contributed by atoms with Crippen molar-refractivity contribution in [2.45, 2.75) is 18.6 Å². The highest BCUT2D eigenvalue weighted by atomic mass is 35.5. The fourth-order valence-electron chi connectivity index (χ4n) is 3.09. The van der Waals surface area contributed by atoms with Crippen molar-refractivity contribution in [3.05, 3.63) is 59.1 Å². The number of hydrogen-bond acceptors (Lipinski definition) is 4. The zero-order chi connectivity index (χ0) is 21.0. The number of anilines is 2. The lowest BCUT2D eigenvalue weighted by atomic mass is 10.1. The summed E-state index contributed by atoms with van der Waals surface area (Å²) in [6, 6.07) is 11.6. The van der Waals surface area contributed by atoms with Gasteiger partial charge in [0.05, 0.1) is 6.10 Å². The minimum atomic E-state index is -0.823. The number of hydrogen-bond donors (Lipinski definition) is 4. The van der Waals surface area contributed by atoms with Crippen molar-refractivity contribution in [1.29, 1.82) is 0 Å². The van der Waals surface area contributed by atoms with Gasteiger partial charge in [0.25, 0.3) is 5.91 Å². The lowest BCUT2D eigenvalue weighted by Crippen LogP contribution is -2.45. The van der Waals surface area contributed by atoms with Crippen LogP contribution >= 0.6 is 11.6 Å². The molecule has 0 aliphatic carbocycles. The van der Waals surface area contributed by atoms with Gasteiger partial charge in [0.15, 0.2) is 0 Å². The number of carbonyl (C=O) groups excluding carboxylic acids is 3. The van der Waals surface area contributed by atoms with Crippen molar-refractivity contribution in [2.75, 3.05) is 24.2 Å². The Balaban J connectivity index is 1.67. The topological polar surface area (TPSA) is 111 Å². The van der Waals surface area contributed by atoms with E-state index in [4.69, 9.17) is 11.6 Å². The van der Waals surface area contributed by atoms with Gasteiger partial charge in [-0.05, 0) is 48.5 Å². The van der Waals surface area contributed by atoms with Crippen LogP contribution in [0, 0.1) is 0 Å². The Hall–Kier alpha value is -3.10. The number of halogens is 1. The van der Waals surface area contributed by atoms with E-state index in [1.54, 1.807) is 48.5 Å². The number of aliphatic hydroxyl groups is 1. The summed E-state index contributed by atoms with van der Waals surface area (Å²) in [7, 11) is 1.53. The number of β-amino-alcohol motifs (C(OH)–C–C–N with tert-alkyl or cyclic N) is 1. The zero-order valence-electron chi connectivity index (χ0n) is 15.7. The third-order valence-corrected chi connectivity index (χ3v) is 4.83. The molecule has 9 heteroatoms. The van der Waals surface area contributed by atoms with Crippen LogP contribution < -0.4 is 16.0 Å². The number of urea groups is 1. The van der Waals surface area contributed by atoms with E-state index < -0.39 is 24.1 Å². The van der Waals surface area contributed by atoms with E-state index in [0.717, 1.165) is 0 Å². The van der Waals surface area contributed by atoms with Crippen LogP contribution in [-0.2, 0) is 4.79 Å². The number of rotatable bonds is 4. The first kappa shape index (κ1) is 20.6. The summed E-state index contributed by atoms with van der Waals surface area (Å²) in [6.07, 6.45) is -0.659. The van der Waals surface area contributed by atoms with Gasteiger partial charge in [0.1, 0.15) is 6.04 Å². The van der Waals surface area contributed by atoms with Crippen LogP contribution in [0.4, 0.5) is 16.2 Å². The zero-order valence-corrected chi connectivity index (χ0v) is 16.4. The molecule has 0 aromatic heterocycles. The van der Waals surface area contributed by atoms with Gasteiger partial charge < -0.3 is 26.0 Å². The molecule has 4 N–H and O–H groups in total. The fraction of sp³-hybridized carbons (Fsp3) is 0.250. The SMILES string of the molecule is CNC(=O)c1ccc(NC(=O)[C@H]2C[C@@H](O)CN2C(=O)Nc2ccc(Cl)cc2)cc1. The molecule has 1 fully saturated rings. The van der Waals surface area contributed by atoms with Crippen molar-refractivity contribution in [3.63, 3.8) is 0 Å². The van der Waals surface area contributed by atoms with E-state index in [1.807, 2.05) is 0 Å². The van der Waals surface area contributed by atoms with Crippen LogP contribution in [0.1, 0.15) is 16.8 Å². The highest BCUT2D eigenvalue weighted by molar-refractivity contribution is 6.30. The van der Waals surface area contributed by atoms with Gasteiger partial charge in [-0.1, -0.05) is 11.6 Å². The van der Waals surface area contributed by atoms with Gasteiger partial charge in [-0.2, -0.15) is 0 Å². The maximum Gasteiger partial charge on any atom is 0.322 e. The molecule has 1 saturated heterocycles. The number of aliphatic hydroxyl groups excluding tert-OH is 1. The second-order valence-electron chi connectivity index (χ2n) is 6.64. The standard InChI is InChI=1S/C20H21ClN4O4/c1-22-18(27)12-2-6-14(7-3-12)23-19(28)17-10-16(26)11-25(17)20(29)24-15-8-4-13(21)5-9-15/h2-9,16-17,26H,10-11H2,1H3,(H,22,27)(H,23,28)(H,24,29)/t16-,17-/m1/s1. The summed E-state index contributed by atoms with van der Waals surface area (Å²) in [5.74, 6) is -0.646. The monoisotopic (exact) mass is 416 g/mol. The third kappa shape index (κ3) is 5.04. The summed E-state index contributed by atoms with van der Waals surface area (Å²) < 4.78 is 0. The molecule has 0 unspecified atom stereocenters. The maximum atomic E-state index is 12.7. The van der Waals surface area contributed by atoms with Crippen molar-refractivity contribution in [1.82, 2.24) is 10.2 Å². The van der Waals surface area contributed by atoms with E-state index in [-0.39, 0.29) is 18.9 Å². The Morgan fingerprint density at radius 3 is 2.21 bits per heavy atom. The van der Waals surface area contributed by atoms with Crippen LogP contribution in [0.15, 0.2) is 48.5 Å². The molecule has 8 nitrogen and oxygen atoms in total. The lowest BCUT2D eigenvalue weighted by Gasteiger charge is -2.24. The molecule has 0 spiro atoms. The molecular weight excluding hydrogens is 396 g/mol. The molecule has 2 aromatic rings. The lowest BCUT2D eigenvalue weighted by molar-refractivity contribution is -0.119. The molecule has 2 aromatic carbocycles. The molecular formula is C20H21ClN4O4. The Morgan fingerprint density at radius 1 is 1.00 bits per heavy atom. The summed E-state index contributed by atoms with van der Waals surface area (Å²) in [5, 5.41) is 18.5. The molecule has 0 radical (unpaired) electrons. The van der Waals surface area contributed by atoms with E-state index in [1.165, 1.54) is 11.9 Å². The van der Waals surface area contributed by atoms with Gasteiger partial charge in [0.2, 0.25) is 5.91 Å². The molecule has 3 rings (SSSR count). The number of amides is 4. The van der Waals surface area contributed by atoms with Crippen LogP contribution in [0.5, 0.6) is 0 Å². The summed E-state index contributed by atoms with van der Waals surface area (Å²) in [5.41, 5.74) is 1.48. The second kappa shape index (κ2) is 8.93. The minimum Gasteiger partial charge on any atom is -0.391 e. The maximum absolute atomic E-state index is 12.7. The minimum absolute atomic E-state index is 0.0487. The molecule has 1 heterocycles. The Bertz CT molecular complexity index is 902. The van der Waals surface area contributed by atoms with Crippen LogP contribution in [0.2, 0.25) is 5.02 Å². The number of likely N-dealkylation sites (tertiary alicyclic amines) is 1. The summed E-state index contributed by atoms with van der Waals surface area (Å²) in [6.45, 7) is 0.0487. The highest BCUT2D eigenvalue weighted by Crippen LogP contribution is 2.22. The highest BCUT2D eigenvalue weighted by Gasteiger charge is 2.39. The first-order valence-corrected chi connectivity index (χ1v) is 9.39. The Morgan fingerprint density at radius 2 is 1.59 bits per heavy atom. The number of nitrogens with zero attached hydrogens (tertiary/aromatic N) is 1. The van der Waals surface area contributed by atoms with E-state index in [0.29, 0.717) is 22.0 Å². The van der Waals surface area contributed by atoms with Crippen molar-refractivity contribution in [2.24, 2.45) is 0 Å². The molecule has 152 valence electrons. The van der Waals surface area contributed by atoms with Crippen molar-refractivity contribution >= 4 is 40.8 Å². The predicted octanol–water partition coefficient (Wildman–Crippen LogP) is 2.31. The van der Waals surface area contributed by atoms with Crippen LogP contribution in [0.3, 0.4) is 0 Å². The predicted molar refractivity (Wildman–Crippen MR) is 110 cm³/mol. The smallest absolute Gasteiger partial charge is 0.322 e. The molecule has 1 aliphatic rings. The Kier molecular flexibility index (Phi) is 6.36. The van der Waals surface area contributed by atoms with E-state index in [9.17, 15) is 19.5 Å². The summed E-state index contributed by atoms with van der Waals surface area (Å²) >= 11 is 5.84. The first-order valence-electron chi connectivity index (χ1n) is 9.01. The average molecular weight is 417 g/mol. The van der Waals surface area contributed by atoms with Gasteiger partial charge in [-0.15, -0.1) is 0 Å². The average Bonchev–Trinajstić information content (AvgIpc) is 3.12. The van der Waals surface area contributed by atoms with Crippen molar-refractivity contribution in [3.8, 4) is 0 Å². The molecule has 0 saturated carbocycles. The Labute approximate surface area is 172 Å². The molecule has 4 amide bonds. The van der Waals surface area contributed by atoms with Crippen LogP contribution in [0.25, 0.3) is 0 Å². The van der Waals surface area contributed by atoms with Gasteiger partial charge in [0, 0.05) is 42.0 Å². The second-order valence-corrected chi connectivity index (χ2v) is 7.08.